The maximum Gasteiger partial charge on any atom is 0.513 e. The first kappa shape index (κ1) is 21.2. The summed E-state index contributed by atoms with van der Waals surface area (Å²) in [5, 5.41) is 12.2. The number of benzene rings is 1. The zero-order valence-electron chi connectivity index (χ0n) is 13.6. The normalized spacial score (nSPS) is 10.9. The molecule has 1 aromatic carbocycles. The fraction of sp³-hybridized carbons (Fsp3) is 0.467. The van der Waals surface area contributed by atoms with Gasteiger partial charge in [-0.05, 0) is 31.4 Å². The maximum absolute atomic E-state index is 11.9. The Morgan fingerprint density at radius 3 is 2.27 bits per heavy atom. The van der Waals surface area contributed by atoms with E-state index in [1.165, 1.54) is 24.3 Å². The minimum absolute atomic E-state index is 0.0563. The highest BCUT2D eigenvalue weighted by atomic mass is 19.4. The van der Waals surface area contributed by atoms with E-state index in [2.05, 4.69) is 0 Å². The Morgan fingerprint density at radius 2 is 1.69 bits per heavy atom. The Kier molecular flexibility index (Phi) is 8.32. The molecular formula is C15H17F3N2O6. The predicted octanol–water partition coefficient (Wildman–Crippen LogP) is 3.35. The van der Waals surface area contributed by atoms with Crippen LogP contribution in [0.2, 0.25) is 0 Å². The van der Waals surface area contributed by atoms with Gasteiger partial charge in [0.1, 0.15) is 5.75 Å². The molecule has 0 atom stereocenters. The Balaban J connectivity index is 2.08. The number of ether oxygens (including phenoxy) is 2. The fourth-order valence-corrected chi connectivity index (χ4v) is 1.80. The van der Waals surface area contributed by atoms with Crippen LogP contribution in [-0.2, 0) is 9.53 Å². The maximum atomic E-state index is 11.9. The molecule has 0 aliphatic rings. The Morgan fingerprint density at radius 1 is 1.08 bits per heavy atom. The zero-order chi connectivity index (χ0) is 19.6. The molecule has 0 aliphatic carbocycles. The van der Waals surface area contributed by atoms with E-state index in [1.807, 2.05) is 0 Å². The summed E-state index contributed by atoms with van der Waals surface area (Å²) in [5.41, 5.74) is -0.142. The van der Waals surface area contributed by atoms with E-state index in [0.717, 1.165) is 0 Å². The van der Waals surface area contributed by atoms with Crippen molar-refractivity contribution < 1.29 is 37.2 Å². The van der Waals surface area contributed by atoms with Crippen LogP contribution in [0, 0.1) is 10.1 Å². The topological polar surface area (TPSA) is 108 Å². The molecule has 8 nitrogen and oxygen atoms in total. The summed E-state index contributed by atoms with van der Waals surface area (Å²) in [6.07, 6.45) is -3.85. The van der Waals surface area contributed by atoms with E-state index in [-0.39, 0.29) is 24.6 Å². The van der Waals surface area contributed by atoms with Crippen LogP contribution < -0.4 is 10.1 Å². The second-order valence-corrected chi connectivity index (χ2v) is 5.12. The molecule has 0 radical (unpaired) electrons. The fourth-order valence-electron chi connectivity index (χ4n) is 1.80. The van der Waals surface area contributed by atoms with Crippen LogP contribution in [0.3, 0.4) is 0 Å². The summed E-state index contributed by atoms with van der Waals surface area (Å²) < 4.78 is 45.3. The van der Waals surface area contributed by atoms with Crippen molar-refractivity contribution in [2.45, 2.75) is 31.9 Å². The molecule has 1 rings (SSSR count). The van der Waals surface area contributed by atoms with Gasteiger partial charge in [-0.25, -0.2) is 4.79 Å². The number of rotatable bonds is 9. The predicted molar refractivity (Wildman–Crippen MR) is 82.6 cm³/mol. The Bertz CT molecular complexity index is 619. The van der Waals surface area contributed by atoms with Crippen molar-refractivity contribution in [3.05, 3.63) is 34.4 Å². The highest BCUT2D eigenvalue weighted by Crippen LogP contribution is 2.17. The highest BCUT2D eigenvalue weighted by Gasteiger charge is 2.38. The third-order valence-corrected chi connectivity index (χ3v) is 3.08. The van der Waals surface area contributed by atoms with Crippen LogP contribution in [0.15, 0.2) is 24.3 Å². The third-order valence-electron chi connectivity index (χ3n) is 3.08. The molecular weight excluding hydrogens is 361 g/mol. The van der Waals surface area contributed by atoms with Gasteiger partial charge in [-0.3, -0.25) is 14.9 Å². The second kappa shape index (κ2) is 10.2. The van der Waals surface area contributed by atoms with Crippen LogP contribution >= 0.6 is 0 Å². The number of non-ortho nitro benzene ring substituents is 1. The molecule has 0 fully saturated rings. The minimum Gasteiger partial charge on any atom is -0.434 e. The van der Waals surface area contributed by atoms with Crippen molar-refractivity contribution in [3.63, 3.8) is 0 Å². The monoisotopic (exact) mass is 378 g/mol. The average molecular weight is 378 g/mol. The average Bonchev–Trinajstić information content (AvgIpc) is 2.56. The molecule has 0 spiro atoms. The lowest BCUT2D eigenvalue weighted by Crippen LogP contribution is -2.37. The molecule has 0 aromatic heterocycles. The van der Waals surface area contributed by atoms with Gasteiger partial charge in [0.25, 0.3) is 5.69 Å². The van der Waals surface area contributed by atoms with Crippen LogP contribution in [0.4, 0.5) is 23.7 Å². The number of alkyl halides is 3. The lowest BCUT2D eigenvalue weighted by molar-refractivity contribution is -0.384. The molecule has 1 aromatic rings. The van der Waals surface area contributed by atoms with Crippen molar-refractivity contribution in [3.8, 4) is 5.75 Å². The van der Waals surface area contributed by atoms with Crippen molar-refractivity contribution >= 4 is 17.7 Å². The van der Waals surface area contributed by atoms with Crippen LogP contribution in [-0.4, -0.2) is 36.3 Å². The van der Waals surface area contributed by atoms with E-state index < -0.39 is 23.2 Å². The molecule has 0 bridgehead atoms. The van der Waals surface area contributed by atoms with Crippen LogP contribution in [0.1, 0.15) is 25.7 Å². The molecule has 0 saturated carbocycles. The largest absolute Gasteiger partial charge is 0.513 e. The van der Waals surface area contributed by atoms with Gasteiger partial charge >= 0.3 is 18.2 Å². The number of nitro groups is 1. The molecule has 1 amide bonds. The number of hydrogen-bond acceptors (Lipinski definition) is 6. The number of amides is 1. The van der Waals surface area contributed by atoms with Crippen molar-refractivity contribution in [1.29, 1.82) is 0 Å². The van der Waals surface area contributed by atoms with Crippen LogP contribution in [0.25, 0.3) is 0 Å². The summed E-state index contributed by atoms with van der Waals surface area (Å²) in [5.74, 6) is -1.86. The van der Waals surface area contributed by atoms with E-state index in [9.17, 15) is 32.9 Å². The summed E-state index contributed by atoms with van der Waals surface area (Å²) in [6, 6.07) is 4.88. The number of unbranched alkanes of at least 4 members (excludes halogenated alkanes) is 3. The first-order chi connectivity index (χ1) is 12.2. The van der Waals surface area contributed by atoms with Crippen molar-refractivity contribution in [2.24, 2.45) is 0 Å². The quantitative estimate of drug-likeness (QED) is 0.232. The Hall–Kier alpha value is -2.85. The molecule has 26 heavy (non-hydrogen) atoms. The van der Waals surface area contributed by atoms with Crippen molar-refractivity contribution in [1.82, 2.24) is 5.32 Å². The van der Waals surface area contributed by atoms with Gasteiger partial charge in [0.15, 0.2) is 0 Å². The van der Waals surface area contributed by atoms with E-state index in [4.69, 9.17) is 9.47 Å². The van der Waals surface area contributed by atoms with Gasteiger partial charge in [-0.1, -0.05) is 6.42 Å². The van der Waals surface area contributed by atoms with E-state index in [0.29, 0.717) is 25.7 Å². The zero-order valence-corrected chi connectivity index (χ0v) is 13.6. The molecule has 0 saturated heterocycles. The van der Waals surface area contributed by atoms with E-state index in [1.54, 1.807) is 5.32 Å². The summed E-state index contributed by atoms with van der Waals surface area (Å²) in [4.78, 5) is 31.8. The number of nitrogens with one attached hydrogen (secondary N) is 1. The lowest BCUT2D eigenvalue weighted by atomic mass is 10.2. The molecule has 0 aliphatic heterocycles. The smallest absolute Gasteiger partial charge is 0.434 e. The SMILES string of the molecule is O=C(OCCCCCCNC(=O)C(F)(F)F)Oc1ccc([N+](=O)[O-])cc1. The van der Waals surface area contributed by atoms with Gasteiger partial charge in [0, 0.05) is 18.7 Å². The standard InChI is InChI=1S/C15H17F3N2O6/c16-15(17,18)13(21)19-9-3-1-2-4-10-25-14(22)26-12-7-5-11(6-8-12)20(23)24/h5-8H,1-4,9-10H2,(H,19,21). The van der Waals surface area contributed by atoms with E-state index >= 15 is 0 Å². The number of hydrogen-bond donors (Lipinski definition) is 1. The second-order valence-electron chi connectivity index (χ2n) is 5.12. The highest BCUT2D eigenvalue weighted by molar-refractivity contribution is 5.81. The third kappa shape index (κ3) is 8.31. The summed E-state index contributed by atoms with van der Waals surface area (Å²) >= 11 is 0. The molecule has 0 heterocycles. The summed E-state index contributed by atoms with van der Waals surface area (Å²) in [7, 11) is 0. The number of carbonyl (C=O) groups excluding carboxylic acids is 2. The van der Waals surface area contributed by atoms with Gasteiger partial charge in [-0.2, -0.15) is 13.2 Å². The first-order valence-corrected chi connectivity index (χ1v) is 7.64. The van der Waals surface area contributed by atoms with Gasteiger partial charge in [-0.15, -0.1) is 0 Å². The minimum atomic E-state index is -4.88. The molecule has 11 heteroatoms. The van der Waals surface area contributed by atoms with Crippen LogP contribution in [0.5, 0.6) is 5.75 Å². The number of halogens is 3. The molecule has 1 N–H and O–H groups in total. The molecule has 144 valence electrons. The molecule has 0 unspecified atom stereocenters. The lowest BCUT2D eigenvalue weighted by Gasteiger charge is -2.08. The van der Waals surface area contributed by atoms with Gasteiger partial charge in [0.05, 0.1) is 11.5 Å². The number of carbonyl (C=O) groups is 2. The first-order valence-electron chi connectivity index (χ1n) is 7.64. The Labute approximate surface area is 146 Å². The number of nitrogens with zero attached hydrogens (tertiary/aromatic N) is 1. The number of nitro benzene ring substituents is 1. The van der Waals surface area contributed by atoms with Crippen molar-refractivity contribution in [2.75, 3.05) is 13.2 Å². The summed E-state index contributed by atoms with van der Waals surface area (Å²) in [6.45, 7) is -0.0257. The van der Waals surface area contributed by atoms with Gasteiger partial charge in [0.2, 0.25) is 0 Å². The van der Waals surface area contributed by atoms with Gasteiger partial charge < -0.3 is 14.8 Å².